The van der Waals surface area contributed by atoms with Crippen molar-refractivity contribution in [1.29, 1.82) is 0 Å². The van der Waals surface area contributed by atoms with Crippen molar-refractivity contribution in [3.63, 3.8) is 0 Å². The highest BCUT2D eigenvalue weighted by molar-refractivity contribution is 5.89. The monoisotopic (exact) mass is 156 g/mol. The van der Waals surface area contributed by atoms with Crippen molar-refractivity contribution in [2.45, 2.75) is 45.3 Å². The molecular weight excluding hydrogens is 140 g/mol. The summed E-state index contributed by atoms with van der Waals surface area (Å²) in [6.07, 6.45) is 0. The fourth-order valence-electron chi connectivity index (χ4n) is 1.19. The van der Waals surface area contributed by atoms with Crippen molar-refractivity contribution in [2.24, 2.45) is 0 Å². The minimum atomic E-state index is 0.00926. The van der Waals surface area contributed by atoms with E-state index in [2.05, 4.69) is 31.4 Å². The van der Waals surface area contributed by atoms with E-state index >= 15 is 0 Å². The van der Waals surface area contributed by atoms with Gasteiger partial charge in [-0.15, -0.1) is 0 Å². The molecule has 64 valence electrons. The van der Waals surface area contributed by atoms with Crippen molar-refractivity contribution in [1.82, 2.24) is 10.6 Å². The third-order valence-electron chi connectivity index (χ3n) is 1.74. The molecule has 1 amide bonds. The van der Waals surface area contributed by atoms with Gasteiger partial charge < -0.3 is 5.32 Å². The Hall–Kier alpha value is -0.570. The minimum Gasteiger partial charge on any atom is -0.350 e. The Morgan fingerprint density at radius 1 is 1.45 bits per heavy atom. The molecule has 1 rings (SSSR count). The van der Waals surface area contributed by atoms with Gasteiger partial charge in [-0.2, -0.15) is 0 Å². The Balaban J connectivity index is 2.43. The molecular formula is C8H16N2O. The Labute approximate surface area is 67.5 Å². The van der Waals surface area contributed by atoms with E-state index in [1.807, 2.05) is 6.92 Å². The second kappa shape index (κ2) is 2.48. The third kappa shape index (κ3) is 1.93. The van der Waals surface area contributed by atoms with Crippen molar-refractivity contribution in [3.8, 4) is 0 Å². The highest BCUT2D eigenvalue weighted by Crippen LogP contribution is 2.10. The number of carbonyl (C=O) groups excluding carboxylic acids is 1. The van der Waals surface area contributed by atoms with Crippen LogP contribution >= 0.6 is 0 Å². The van der Waals surface area contributed by atoms with Gasteiger partial charge in [0.25, 0.3) is 0 Å². The topological polar surface area (TPSA) is 41.1 Å². The molecule has 0 aliphatic carbocycles. The summed E-state index contributed by atoms with van der Waals surface area (Å²) in [7, 11) is 0. The van der Waals surface area contributed by atoms with E-state index in [9.17, 15) is 4.79 Å². The van der Waals surface area contributed by atoms with E-state index in [0.717, 1.165) is 0 Å². The molecule has 1 heterocycles. The van der Waals surface area contributed by atoms with Crippen LogP contribution in [0, 0.1) is 0 Å². The summed E-state index contributed by atoms with van der Waals surface area (Å²) in [4.78, 5) is 10.9. The van der Waals surface area contributed by atoms with Crippen LogP contribution in [0.25, 0.3) is 0 Å². The summed E-state index contributed by atoms with van der Waals surface area (Å²) in [5.74, 6) is 0.118. The summed E-state index contributed by atoms with van der Waals surface area (Å²) >= 11 is 0. The van der Waals surface area contributed by atoms with Crippen LogP contribution in [0.1, 0.15) is 27.7 Å². The maximum absolute atomic E-state index is 10.9. The summed E-state index contributed by atoms with van der Waals surface area (Å²) in [6, 6.07) is 0.289. The number of nitrogens with one attached hydrogen (secondary N) is 2. The zero-order valence-electron chi connectivity index (χ0n) is 7.56. The molecule has 1 aliphatic heterocycles. The van der Waals surface area contributed by atoms with Crippen molar-refractivity contribution in [3.05, 3.63) is 0 Å². The van der Waals surface area contributed by atoms with Gasteiger partial charge in [-0.1, -0.05) is 0 Å². The zero-order valence-corrected chi connectivity index (χ0v) is 7.56. The molecule has 3 nitrogen and oxygen atoms in total. The fourth-order valence-corrected chi connectivity index (χ4v) is 1.19. The van der Waals surface area contributed by atoms with Gasteiger partial charge in [0.05, 0.1) is 6.04 Å². The molecule has 0 aromatic heterocycles. The maximum atomic E-state index is 10.9. The lowest BCUT2D eigenvalue weighted by Gasteiger charge is -2.39. The highest BCUT2D eigenvalue weighted by atomic mass is 16.2. The first-order valence-electron chi connectivity index (χ1n) is 3.98. The molecule has 0 radical (unpaired) electrons. The van der Waals surface area contributed by atoms with Gasteiger partial charge in [-0.25, -0.2) is 0 Å². The quantitative estimate of drug-likeness (QED) is 0.535. The van der Waals surface area contributed by atoms with E-state index in [0.29, 0.717) is 0 Å². The van der Waals surface area contributed by atoms with Gasteiger partial charge in [-0.3, -0.25) is 10.1 Å². The SMILES string of the molecule is C[C@H]1NC(=O)[C@@H]1NC(C)(C)C. The van der Waals surface area contributed by atoms with Crippen molar-refractivity contribution >= 4 is 5.91 Å². The fraction of sp³-hybridized carbons (Fsp3) is 0.875. The van der Waals surface area contributed by atoms with E-state index < -0.39 is 0 Å². The van der Waals surface area contributed by atoms with Crippen LogP contribution in [0.5, 0.6) is 0 Å². The Bertz CT molecular complexity index is 171. The predicted octanol–water partition coefficient (Wildman–Crippen LogP) is 0.261. The Kier molecular flexibility index (Phi) is 1.92. The summed E-state index contributed by atoms with van der Waals surface area (Å²) < 4.78 is 0. The van der Waals surface area contributed by atoms with Crippen molar-refractivity contribution in [2.75, 3.05) is 0 Å². The van der Waals surface area contributed by atoms with Gasteiger partial charge in [0.15, 0.2) is 0 Å². The molecule has 0 saturated carbocycles. The van der Waals surface area contributed by atoms with Gasteiger partial charge in [0.2, 0.25) is 5.91 Å². The number of rotatable bonds is 1. The molecule has 0 aromatic carbocycles. The van der Waals surface area contributed by atoms with Crippen LogP contribution in [0.3, 0.4) is 0 Å². The normalized spacial score (nSPS) is 31.1. The Morgan fingerprint density at radius 3 is 2.18 bits per heavy atom. The molecule has 2 N–H and O–H groups in total. The summed E-state index contributed by atoms with van der Waals surface area (Å²) in [5.41, 5.74) is 0.0245. The average molecular weight is 156 g/mol. The smallest absolute Gasteiger partial charge is 0.239 e. The predicted molar refractivity (Wildman–Crippen MR) is 44.3 cm³/mol. The first-order chi connectivity index (χ1) is 4.90. The van der Waals surface area contributed by atoms with Gasteiger partial charge >= 0.3 is 0 Å². The summed E-state index contributed by atoms with van der Waals surface area (Å²) in [6.45, 7) is 8.19. The molecule has 0 bridgehead atoms. The first-order valence-corrected chi connectivity index (χ1v) is 3.98. The first kappa shape index (κ1) is 8.53. The van der Waals surface area contributed by atoms with Crippen LogP contribution in [0.2, 0.25) is 0 Å². The Morgan fingerprint density at radius 2 is 2.00 bits per heavy atom. The van der Waals surface area contributed by atoms with Crippen LogP contribution in [-0.4, -0.2) is 23.5 Å². The van der Waals surface area contributed by atoms with Gasteiger partial charge in [-0.05, 0) is 27.7 Å². The van der Waals surface area contributed by atoms with Crippen LogP contribution in [0.15, 0.2) is 0 Å². The van der Waals surface area contributed by atoms with Crippen molar-refractivity contribution < 1.29 is 4.79 Å². The largest absolute Gasteiger partial charge is 0.350 e. The third-order valence-corrected chi connectivity index (χ3v) is 1.74. The zero-order chi connectivity index (χ0) is 8.65. The minimum absolute atomic E-state index is 0.00926. The lowest BCUT2D eigenvalue weighted by atomic mass is 9.97. The van der Waals surface area contributed by atoms with Crippen LogP contribution in [0.4, 0.5) is 0 Å². The second-order valence-electron chi connectivity index (χ2n) is 4.17. The lowest BCUT2D eigenvalue weighted by molar-refractivity contribution is -0.131. The second-order valence-corrected chi connectivity index (χ2v) is 4.17. The summed E-state index contributed by atoms with van der Waals surface area (Å²) in [5, 5.41) is 6.02. The van der Waals surface area contributed by atoms with E-state index in [4.69, 9.17) is 0 Å². The number of hydrogen-bond acceptors (Lipinski definition) is 2. The average Bonchev–Trinajstić information content (AvgIpc) is 1.83. The molecule has 0 unspecified atom stereocenters. The standard InChI is InChI=1S/C8H16N2O/c1-5-6(7(11)9-5)10-8(2,3)4/h5-6,10H,1-4H3,(H,9,11)/t5-,6-/m1/s1. The number of amides is 1. The van der Waals surface area contributed by atoms with E-state index in [1.165, 1.54) is 0 Å². The molecule has 2 atom stereocenters. The molecule has 0 aromatic rings. The van der Waals surface area contributed by atoms with Crippen LogP contribution < -0.4 is 10.6 Å². The van der Waals surface area contributed by atoms with Gasteiger partial charge in [0.1, 0.15) is 6.04 Å². The van der Waals surface area contributed by atoms with E-state index in [-0.39, 0.29) is 23.5 Å². The molecule has 11 heavy (non-hydrogen) atoms. The molecule has 1 fully saturated rings. The number of hydrogen-bond donors (Lipinski definition) is 2. The molecule has 1 saturated heterocycles. The lowest BCUT2D eigenvalue weighted by Crippen LogP contribution is -2.69. The number of carbonyl (C=O) groups is 1. The van der Waals surface area contributed by atoms with E-state index in [1.54, 1.807) is 0 Å². The van der Waals surface area contributed by atoms with Gasteiger partial charge in [0, 0.05) is 5.54 Å². The maximum Gasteiger partial charge on any atom is 0.239 e. The molecule has 0 spiro atoms. The van der Waals surface area contributed by atoms with Crippen LogP contribution in [-0.2, 0) is 4.79 Å². The number of β-lactam (4-membered cyclic amide) rings is 1. The molecule has 3 heteroatoms. The highest BCUT2D eigenvalue weighted by Gasteiger charge is 2.37. The molecule has 1 aliphatic rings.